The molecule has 0 saturated carbocycles. The molecular weight excluding hydrogens is 372 g/mol. The molecule has 0 aliphatic carbocycles. The maximum Gasteiger partial charge on any atom is 0.143 e. The number of nitriles is 1. The summed E-state index contributed by atoms with van der Waals surface area (Å²) in [6.07, 6.45) is 1.81. The molecule has 2 heterocycles. The van der Waals surface area contributed by atoms with Gasteiger partial charge in [-0.3, -0.25) is 4.90 Å². The minimum absolute atomic E-state index is 0.392. The molecule has 102 valence electrons. The van der Waals surface area contributed by atoms with Crippen LogP contribution in [0, 0.1) is 11.3 Å². The lowest BCUT2D eigenvalue weighted by Crippen LogP contribution is -2.54. The fourth-order valence-electron chi connectivity index (χ4n) is 2.19. The quantitative estimate of drug-likeness (QED) is 0.782. The lowest BCUT2D eigenvalue weighted by molar-refractivity contribution is 0.157. The molecule has 2 rings (SSSR count). The highest BCUT2D eigenvalue weighted by molar-refractivity contribution is 9.11. The van der Waals surface area contributed by atoms with Crippen molar-refractivity contribution in [3.05, 3.63) is 21.2 Å². The largest absolute Gasteiger partial charge is 0.353 e. The molecule has 0 aromatic carbocycles. The first-order chi connectivity index (χ1) is 8.94. The second kappa shape index (κ2) is 5.78. The van der Waals surface area contributed by atoms with Crippen molar-refractivity contribution in [1.82, 2.24) is 9.88 Å². The summed E-state index contributed by atoms with van der Waals surface area (Å²) in [7, 11) is 0. The van der Waals surface area contributed by atoms with Crippen molar-refractivity contribution >= 4 is 37.7 Å². The molecule has 0 bridgehead atoms. The summed E-state index contributed by atoms with van der Waals surface area (Å²) in [5, 5.41) is 9.17. The molecule has 1 aliphatic heterocycles. The van der Waals surface area contributed by atoms with Gasteiger partial charge in [0.2, 0.25) is 0 Å². The molecule has 0 radical (unpaired) electrons. The van der Waals surface area contributed by atoms with Crippen molar-refractivity contribution in [2.75, 3.05) is 31.1 Å². The second-order valence-electron chi connectivity index (χ2n) is 5.10. The van der Waals surface area contributed by atoms with Crippen LogP contribution in [0.1, 0.15) is 13.8 Å². The Kier molecular flexibility index (Phi) is 4.49. The molecule has 1 fully saturated rings. The third kappa shape index (κ3) is 3.28. The number of piperazine rings is 1. The molecule has 0 atom stereocenters. The molecular formula is C13H16Br2N4. The average Bonchev–Trinajstić information content (AvgIpc) is 2.39. The van der Waals surface area contributed by atoms with E-state index in [4.69, 9.17) is 0 Å². The molecule has 0 spiro atoms. The molecule has 0 amide bonds. The van der Waals surface area contributed by atoms with Crippen LogP contribution in [-0.2, 0) is 0 Å². The molecule has 19 heavy (non-hydrogen) atoms. The minimum Gasteiger partial charge on any atom is -0.353 e. The Balaban J connectivity index is 2.06. The molecule has 1 aromatic rings. The van der Waals surface area contributed by atoms with Gasteiger partial charge in [0.1, 0.15) is 11.4 Å². The van der Waals surface area contributed by atoms with E-state index in [-0.39, 0.29) is 0 Å². The van der Waals surface area contributed by atoms with Gasteiger partial charge in [-0.2, -0.15) is 5.26 Å². The number of anilines is 1. The van der Waals surface area contributed by atoms with Crippen LogP contribution in [0.3, 0.4) is 0 Å². The van der Waals surface area contributed by atoms with Crippen LogP contribution in [0.15, 0.2) is 21.2 Å². The summed E-state index contributed by atoms with van der Waals surface area (Å²) in [4.78, 5) is 8.93. The molecule has 1 saturated heterocycles. The number of hydrogen-bond donors (Lipinski definition) is 0. The average molecular weight is 388 g/mol. The highest BCUT2D eigenvalue weighted by Crippen LogP contribution is 2.28. The van der Waals surface area contributed by atoms with E-state index >= 15 is 0 Å². The summed E-state index contributed by atoms with van der Waals surface area (Å²) < 4.78 is 1.96. The van der Waals surface area contributed by atoms with E-state index < -0.39 is 5.54 Å². The predicted octanol–water partition coefficient (Wildman–Crippen LogP) is 3.03. The van der Waals surface area contributed by atoms with Gasteiger partial charge in [0.15, 0.2) is 0 Å². The van der Waals surface area contributed by atoms with Crippen LogP contribution >= 0.6 is 31.9 Å². The van der Waals surface area contributed by atoms with Crippen LogP contribution in [0.25, 0.3) is 0 Å². The van der Waals surface area contributed by atoms with Gasteiger partial charge < -0.3 is 4.90 Å². The van der Waals surface area contributed by atoms with Crippen molar-refractivity contribution in [3.8, 4) is 6.07 Å². The summed E-state index contributed by atoms with van der Waals surface area (Å²) >= 11 is 6.96. The highest BCUT2D eigenvalue weighted by atomic mass is 79.9. The van der Waals surface area contributed by atoms with Gasteiger partial charge in [0.25, 0.3) is 0 Å². The Hall–Kier alpha value is -0.640. The zero-order valence-corrected chi connectivity index (χ0v) is 14.2. The molecule has 0 unspecified atom stereocenters. The maximum atomic E-state index is 9.17. The zero-order valence-electron chi connectivity index (χ0n) is 11.0. The van der Waals surface area contributed by atoms with Gasteiger partial charge in [0, 0.05) is 36.8 Å². The highest BCUT2D eigenvalue weighted by Gasteiger charge is 2.30. The van der Waals surface area contributed by atoms with Gasteiger partial charge in [-0.1, -0.05) is 0 Å². The Morgan fingerprint density at radius 3 is 2.42 bits per heavy atom. The van der Waals surface area contributed by atoms with E-state index in [1.165, 1.54) is 0 Å². The summed E-state index contributed by atoms with van der Waals surface area (Å²) in [5.41, 5.74) is -0.392. The summed E-state index contributed by atoms with van der Waals surface area (Å²) in [5.74, 6) is 0.970. The lowest BCUT2D eigenvalue weighted by Gasteiger charge is -2.41. The molecule has 0 N–H and O–H groups in total. The standard InChI is InChI=1S/C13H16Br2N4/c1-13(2,9-16)19-5-3-18(4-6-19)12-11(15)7-10(14)8-17-12/h7-8H,3-6H2,1-2H3. The first kappa shape index (κ1) is 14.8. The first-order valence-corrected chi connectivity index (χ1v) is 7.75. The number of pyridine rings is 1. The van der Waals surface area contributed by atoms with E-state index in [0.717, 1.165) is 40.9 Å². The van der Waals surface area contributed by atoms with Gasteiger partial charge in [-0.25, -0.2) is 4.98 Å². The smallest absolute Gasteiger partial charge is 0.143 e. The molecule has 4 nitrogen and oxygen atoms in total. The van der Waals surface area contributed by atoms with Crippen LogP contribution in [0.2, 0.25) is 0 Å². The Bertz CT molecular complexity index is 502. The predicted molar refractivity (Wildman–Crippen MR) is 83.1 cm³/mol. The first-order valence-electron chi connectivity index (χ1n) is 6.16. The Morgan fingerprint density at radius 1 is 1.26 bits per heavy atom. The van der Waals surface area contributed by atoms with E-state index in [9.17, 15) is 5.26 Å². The monoisotopic (exact) mass is 386 g/mol. The van der Waals surface area contributed by atoms with E-state index in [2.05, 4.69) is 52.7 Å². The van der Waals surface area contributed by atoms with Gasteiger partial charge in [0.05, 0.1) is 10.5 Å². The number of rotatable bonds is 2. The molecule has 1 aromatic heterocycles. The van der Waals surface area contributed by atoms with Crippen LogP contribution < -0.4 is 4.90 Å². The lowest BCUT2D eigenvalue weighted by atomic mass is 10.0. The van der Waals surface area contributed by atoms with Crippen molar-refractivity contribution in [2.24, 2.45) is 0 Å². The SMILES string of the molecule is CC(C)(C#N)N1CCN(c2ncc(Br)cc2Br)CC1. The van der Waals surface area contributed by atoms with E-state index in [1.807, 2.05) is 26.1 Å². The zero-order chi connectivity index (χ0) is 14.0. The topological polar surface area (TPSA) is 43.2 Å². The number of hydrogen-bond acceptors (Lipinski definition) is 4. The Labute approximate surface area is 130 Å². The van der Waals surface area contributed by atoms with Gasteiger partial charge in [-0.15, -0.1) is 0 Å². The van der Waals surface area contributed by atoms with Crippen LogP contribution in [-0.4, -0.2) is 41.6 Å². The summed E-state index contributed by atoms with van der Waals surface area (Å²) in [6, 6.07) is 4.37. The minimum atomic E-state index is -0.392. The van der Waals surface area contributed by atoms with Gasteiger partial charge >= 0.3 is 0 Å². The van der Waals surface area contributed by atoms with E-state index in [0.29, 0.717) is 0 Å². The maximum absolute atomic E-state index is 9.17. The Morgan fingerprint density at radius 2 is 1.89 bits per heavy atom. The number of aromatic nitrogens is 1. The molecule has 1 aliphatic rings. The third-order valence-electron chi connectivity index (χ3n) is 3.43. The van der Waals surface area contributed by atoms with Crippen molar-refractivity contribution in [3.63, 3.8) is 0 Å². The van der Waals surface area contributed by atoms with Gasteiger partial charge in [-0.05, 0) is 51.8 Å². The van der Waals surface area contributed by atoms with E-state index in [1.54, 1.807) is 0 Å². The van der Waals surface area contributed by atoms with Crippen LogP contribution in [0.5, 0.6) is 0 Å². The van der Waals surface area contributed by atoms with Crippen LogP contribution in [0.4, 0.5) is 5.82 Å². The number of halogens is 2. The molecule has 6 heteroatoms. The van der Waals surface area contributed by atoms with Crippen molar-refractivity contribution < 1.29 is 0 Å². The summed E-state index contributed by atoms with van der Waals surface area (Å²) in [6.45, 7) is 7.47. The fourth-order valence-corrected chi connectivity index (χ4v) is 3.43. The van der Waals surface area contributed by atoms with Crippen molar-refractivity contribution in [1.29, 1.82) is 5.26 Å². The third-order valence-corrected chi connectivity index (χ3v) is 4.45. The fraction of sp³-hybridized carbons (Fsp3) is 0.538. The second-order valence-corrected chi connectivity index (χ2v) is 6.87. The van der Waals surface area contributed by atoms with Crippen molar-refractivity contribution in [2.45, 2.75) is 19.4 Å². The number of nitrogens with zero attached hydrogens (tertiary/aromatic N) is 4. The normalized spacial score (nSPS) is 17.3.